The molecule has 0 saturated heterocycles. The molecule has 2 rings (SSSR count). The summed E-state index contributed by atoms with van der Waals surface area (Å²) in [5.74, 6) is -0.148. The molecule has 0 saturated carbocycles. The molecule has 2 aromatic carbocycles. The molecule has 0 spiro atoms. The fourth-order valence-corrected chi connectivity index (χ4v) is 1.86. The van der Waals surface area contributed by atoms with Crippen LogP contribution in [-0.2, 0) is 6.42 Å². The van der Waals surface area contributed by atoms with Gasteiger partial charge < -0.3 is 4.74 Å². The first-order chi connectivity index (χ1) is 8.01. The molecule has 0 atom stereocenters. The molecular weight excluding hydrogens is 229 g/mol. The summed E-state index contributed by atoms with van der Waals surface area (Å²) < 4.78 is 40.7. The van der Waals surface area contributed by atoms with Crippen LogP contribution in [0.15, 0.2) is 36.4 Å². The molecule has 0 N–H and O–H groups in total. The van der Waals surface area contributed by atoms with E-state index in [1.54, 1.807) is 30.3 Å². The predicted molar refractivity (Wildman–Crippen MR) is 60.0 cm³/mol. The van der Waals surface area contributed by atoms with Crippen molar-refractivity contribution in [3.63, 3.8) is 0 Å². The Kier molecular flexibility index (Phi) is 2.96. The highest BCUT2D eigenvalue weighted by Crippen LogP contribution is 2.32. The summed E-state index contributed by atoms with van der Waals surface area (Å²) in [7, 11) is 0. The van der Waals surface area contributed by atoms with Crippen molar-refractivity contribution in [2.75, 3.05) is 0 Å². The van der Waals surface area contributed by atoms with Crippen molar-refractivity contribution in [2.45, 2.75) is 19.7 Å². The number of halogens is 3. The molecule has 0 aliphatic carbocycles. The van der Waals surface area contributed by atoms with Gasteiger partial charge in [0.2, 0.25) is 0 Å². The molecule has 0 aliphatic rings. The minimum atomic E-state index is -4.66. The number of aryl methyl sites for hydroxylation is 1. The van der Waals surface area contributed by atoms with E-state index in [0.29, 0.717) is 5.39 Å². The van der Waals surface area contributed by atoms with Crippen LogP contribution < -0.4 is 4.74 Å². The van der Waals surface area contributed by atoms with Gasteiger partial charge in [-0.1, -0.05) is 37.3 Å². The van der Waals surface area contributed by atoms with Gasteiger partial charge in [-0.3, -0.25) is 0 Å². The summed E-state index contributed by atoms with van der Waals surface area (Å²) in [6.07, 6.45) is -3.89. The zero-order valence-corrected chi connectivity index (χ0v) is 9.21. The Morgan fingerprint density at radius 2 is 1.65 bits per heavy atom. The van der Waals surface area contributed by atoms with E-state index < -0.39 is 6.36 Å². The Balaban J connectivity index is 2.59. The highest BCUT2D eigenvalue weighted by atomic mass is 19.4. The maximum atomic E-state index is 12.2. The second kappa shape index (κ2) is 4.28. The van der Waals surface area contributed by atoms with Gasteiger partial charge in [-0.2, -0.15) is 0 Å². The first-order valence-corrected chi connectivity index (χ1v) is 5.27. The van der Waals surface area contributed by atoms with Gasteiger partial charge in [-0.25, -0.2) is 0 Å². The van der Waals surface area contributed by atoms with E-state index in [9.17, 15) is 13.2 Å². The van der Waals surface area contributed by atoms with Crippen molar-refractivity contribution in [3.8, 4) is 5.75 Å². The Hall–Kier alpha value is -1.71. The van der Waals surface area contributed by atoms with Crippen LogP contribution in [0.4, 0.5) is 13.2 Å². The monoisotopic (exact) mass is 240 g/mol. The minimum absolute atomic E-state index is 0.148. The lowest BCUT2D eigenvalue weighted by Gasteiger charge is -2.13. The average Bonchev–Trinajstić information content (AvgIpc) is 2.28. The number of ether oxygens (including phenoxy) is 1. The summed E-state index contributed by atoms with van der Waals surface area (Å²) in [5.41, 5.74) is 1.01. The van der Waals surface area contributed by atoms with Crippen LogP contribution in [0.5, 0.6) is 5.75 Å². The van der Waals surface area contributed by atoms with Crippen molar-refractivity contribution in [2.24, 2.45) is 0 Å². The lowest BCUT2D eigenvalue weighted by Crippen LogP contribution is -2.17. The van der Waals surface area contributed by atoms with E-state index in [4.69, 9.17) is 0 Å². The Labute approximate surface area is 96.8 Å². The SMILES string of the molecule is CCc1ccc(OC(F)(F)F)c2ccccc12. The van der Waals surface area contributed by atoms with Gasteiger partial charge in [-0.15, -0.1) is 13.2 Å². The van der Waals surface area contributed by atoms with Crippen LogP contribution in [0.3, 0.4) is 0 Å². The zero-order valence-electron chi connectivity index (χ0n) is 9.21. The largest absolute Gasteiger partial charge is 0.573 e. The Bertz CT molecular complexity index is 532. The highest BCUT2D eigenvalue weighted by Gasteiger charge is 2.31. The third kappa shape index (κ3) is 2.52. The third-order valence-electron chi connectivity index (χ3n) is 2.58. The van der Waals surface area contributed by atoms with Gasteiger partial charge >= 0.3 is 6.36 Å². The van der Waals surface area contributed by atoms with Crippen molar-refractivity contribution in [3.05, 3.63) is 42.0 Å². The molecule has 1 nitrogen and oxygen atoms in total. The lowest BCUT2D eigenvalue weighted by atomic mass is 10.0. The van der Waals surface area contributed by atoms with Crippen molar-refractivity contribution < 1.29 is 17.9 Å². The number of hydrogen-bond acceptors (Lipinski definition) is 1. The predicted octanol–water partition coefficient (Wildman–Crippen LogP) is 4.30. The van der Waals surface area contributed by atoms with E-state index in [0.717, 1.165) is 17.4 Å². The third-order valence-corrected chi connectivity index (χ3v) is 2.58. The van der Waals surface area contributed by atoms with Gasteiger partial charge in [0.25, 0.3) is 0 Å². The normalized spacial score (nSPS) is 11.8. The highest BCUT2D eigenvalue weighted by molar-refractivity contribution is 5.91. The lowest BCUT2D eigenvalue weighted by molar-refractivity contribution is -0.274. The molecule has 17 heavy (non-hydrogen) atoms. The Morgan fingerprint density at radius 3 is 2.24 bits per heavy atom. The van der Waals surface area contributed by atoms with E-state index >= 15 is 0 Å². The summed E-state index contributed by atoms with van der Waals surface area (Å²) in [6, 6.07) is 9.98. The fraction of sp³-hybridized carbons (Fsp3) is 0.231. The molecule has 90 valence electrons. The second-order valence-corrected chi connectivity index (χ2v) is 3.67. The molecule has 4 heteroatoms. The van der Waals surface area contributed by atoms with Gasteiger partial charge in [0.05, 0.1) is 0 Å². The molecule has 0 fully saturated rings. The first-order valence-electron chi connectivity index (χ1n) is 5.27. The number of benzene rings is 2. The van der Waals surface area contributed by atoms with Gasteiger partial charge in [0.15, 0.2) is 0 Å². The molecule has 0 aromatic heterocycles. The molecule has 0 heterocycles. The van der Waals surface area contributed by atoms with E-state index in [1.807, 2.05) is 6.92 Å². The maximum Gasteiger partial charge on any atom is 0.573 e. The van der Waals surface area contributed by atoms with Crippen LogP contribution in [0, 0.1) is 0 Å². The molecule has 0 amide bonds. The number of hydrogen-bond donors (Lipinski definition) is 0. The smallest absolute Gasteiger partial charge is 0.405 e. The Morgan fingerprint density at radius 1 is 1.00 bits per heavy atom. The number of rotatable bonds is 2. The van der Waals surface area contributed by atoms with Crippen LogP contribution in [0.1, 0.15) is 12.5 Å². The van der Waals surface area contributed by atoms with E-state index in [2.05, 4.69) is 4.74 Å². The molecular formula is C13H11F3O. The van der Waals surface area contributed by atoms with E-state index in [-0.39, 0.29) is 5.75 Å². The number of alkyl halides is 3. The van der Waals surface area contributed by atoms with Crippen molar-refractivity contribution in [1.29, 1.82) is 0 Å². The zero-order chi connectivity index (χ0) is 12.5. The molecule has 0 radical (unpaired) electrons. The molecule has 0 unspecified atom stereocenters. The van der Waals surface area contributed by atoms with Crippen LogP contribution in [-0.4, -0.2) is 6.36 Å². The molecule has 0 bridgehead atoms. The maximum absolute atomic E-state index is 12.2. The topological polar surface area (TPSA) is 9.23 Å². The van der Waals surface area contributed by atoms with Crippen molar-refractivity contribution >= 4 is 10.8 Å². The molecule has 0 aliphatic heterocycles. The van der Waals surface area contributed by atoms with Gasteiger partial charge in [0, 0.05) is 5.39 Å². The average molecular weight is 240 g/mol. The van der Waals surface area contributed by atoms with Crippen LogP contribution in [0.2, 0.25) is 0 Å². The van der Waals surface area contributed by atoms with Gasteiger partial charge in [-0.05, 0) is 23.4 Å². The van der Waals surface area contributed by atoms with Gasteiger partial charge in [0.1, 0.15) is 5.75 Å². The standard InChI is InChI=1S/C13H11F3O/c1-2-9-7-8-12(17-13(14,15)16)11-6-4-3-5-10(9)11/h3-8H,2H2,1H3. The molecule has 2 aromatic rings. The van der Waals surface area contributed by atoms with Crippen LogP contribution in [0.25, 0.3) is 10.8 Å². The minimum Gasteiger partial charge on any atom is -0.405 e. The quantitative estimate of drug-likeness (QED) is 0.760. The summed E-state index contributed by atoms with van der Waals surface area (Å²) in [4.78, 5) is 0. The second-order valence-electron chi connectivity index (χ2n) is 3.67. The van der Waals surface area contributed by atoms with Crippen LogP contribution >= 0.6 is 0 Å². The summed E-state index contributed by atoms with van der Waals surface area (Å²) in [5, 5.41) is 1.29. The summed E-state index contributed by atoms with van der Waals surface area (Å²) >= 11 is 0. The number of fused-ring (bicyclic) bond motifs is 1. The fourth-order valence-electron chi connectivity index (χ4n) is 1.86. The van der Waals surface area contributed by atoms with Crippen molar-refractivity contribution in [1.82, 2.24) is 0 Å². The summed E-state index contributed by atoms with van der Waals surface area (Å²) in [6.45, 7) is 1.96. The first kappa shape index (κ1) is 11.8. The van der Waals surface area contributed by atoms with E-state index in [1.165, 1.54) is 6.07 Å².